The maximum Gasteiger partial charge on any atom is 0.348 e. The second-order valence-electron chi connectivity index (χ2n) is 6.75. The number of aromatic nitrogens is 4. The summed E-state index contributed by atoms with van der Waals surface area (Å²) in [7, 11) is 4.05. The van der Waals surface area contributed by atoms with E-state index < -0.39 is 0 Å². The van der Waals surface area contributed by atoms with E-state index in [1.807, 2.05) is 25.6 Å². The van der Waals surface area contributed by atoms with Crippen LogP contribution in [0.4, 0.5) is 5.13 Å². The van der Waals surface area contributed by atoms with E-state index in [-0.39, 0.29) is 17.3 Å². The quantitative estimate of drug-likeness (QED) is 0.523. The minimum absolute atomic E-state index is 0.167. The first-order valence-corrected chi connectivity index (χ1v) is 10.7. The normalized spacial score (nSPS) is 13.2. The van der Waals surface area contributed by atoms with Crippen LogP contribution in [0.2, 0.25) is 0 Å². The molecule has 1 aliphatic rings. The molecule has 2 aromatic heterocycles. The van der Waals surface area contributed by atoms with Gasteiger partial charge in [-0.2, -0.15) is 4.98 Å². The van der Waals surface area contributed by atoms with Gasteiger partial charge < -0.3 is 4.90 Å². The van der Waals surface area contributed by atoms with Gasteiger partial charge in [0.25, 0.3) is 0 Å². The topological polar surface area (TPSA) is 93.0 Å². The maximum absolute atomic E-state index is 12.5. The Kier molecular flexibility index (Phi) is 6.61. The summed E-state index contributed by atoms with van der Waals surface area (Å²) in [6, 6.07) is 0. The molecule has 1 amide bonds. The number of fused-ring (bicyclic) bond motifs is 1. The number of anilines is 1. The third-order valence-electron chi connectivity index (χ3n) is 4.30. The Morgan fingerprint density at radius 1 is 1.33 bits per heavy atom. The van der Waals surface area contributed by atoms with Gasteiger partial charge in [-0.25, -0.2) is 4.79 Å². The SMILES string of the molecule is Cc1nnc(NC(=O)CSc2nc(=O)n(CCCN(C)C)c3c2CCC3)s1. The Labute approximate surface area is 166 Å². The van der Waals surface area contributed by atoms with Gasteiger partial charge in [0.1, 0.15) is 10.0 Å². The van der Waals surface area contributed by atoms with Crippen LogP contribution in [0.5, 0.6) is 0 Å². The van der Waals surface area contributed by atoms with Crippen molar-refractivity contribution in [2.45, 2.75) is 44.2 Å². The second-order valence-corrected chi connectivity index (χ2v) is 8.90. The van der Waals surface area contributed by atoms with E-state index in [1.165, 1.54) is 23.1 Å². The van der Waals surface area contributed by atoms with Crippen molar-refractivity contribution in [1.29, 1.82) is 0 Å². The van der Waals surface area contributed by atoms with Crippen LogP contribution in [0, 0.1) is 6.92 Å². The van der Waals surface area contributed by atoms with E-state index in [9.17, 15) is 9.59 Å². The molecule has 0 saturated carbocycles. The van der Waals surface area contributed by atoms with Crippen molar-refractivity contribution < 1.29 is 4.79 Å². The molecule has 0 atom stereocenters. The Balaban J connectivity index is 1.67. The Morgan fingerprint density at radius 2 is 2.15 bits per heavy atom. The average molecular weight is 409 g/mol. The fourth-order valence-corrected chi connectivity index (χ4v) is 4.60. The van der Waals surface area contributed by atoms with Crippen LogP contribution in [0.25, 0.3) is 0 Å². The lowest BCUT2D eigenvalue weighted by Crippen LogP contribution is -2.29. The van der Waals surface area contributed by atoms with Crippen LogP contribution < -0.4 is 11.0 Å². The van der Waals surface area contributed by atoms with E-state index in [4.69, 9.17) is 0 Å². The molecule has 3 rings (SSSR count). The first-order chi connectivity index (χ1) is 12.9. The molecule has 27 heavy (non-hydrogen) atoms. The highest BCUT2D eigenvalue weighted by molar-refractivity contribution is 8.00. The van der Waals surface area contributed by atoms with Crippen molar-refractivity contribution in [3.8, 4) is 0 Å². The molecule has 2 aromatic rings. The summed E-state index contributed by atoms with van der Waals surface area (Å²) in [6.07, 6.45) is 3.75. The third-order valence-corrected chi connectivity index (χ3v) is 6.07. The number of hydrogen-bond donors (Lipinski definition) is 1. The predicted molar refractivity (Wildman–Crippen MR) is 108 cm³/mol. The van der Waals surface area contributed by atoms with E-state index in [0.717, 1.165) is 48.5 Å². The zero-order chi connectivity index (χ0) is 19.4. The largest absolute Gasteiger partial charge is 0.348 e. The lowest BCUT2D eigenvalue weighted by Gasteiger charge is -2.15. The molecule has 146 valence electrons. The first-order valence-electron chi connectivity index (χ1n) is 8.94. The second kappa shape index (κ2) is 8.94. The minimum atomic E-state index is -0.211. The Hall–Kier alpha value is -1.78. The highest BCUT2D eigenvalue weighted by Crippen LogP contribution is 2.29. The number of rotatable bonds is 8. The molecular weight excluding hydrogens is 384 g/mol. The smallest absolute Gasteiger partial charge is 0.309 e. The number of nitrogens with one attached hydrogen (secondary N) is 1. The number of aryl methyl sites for hydroxylation is 1. The molecule has 0 unspecified atom stereocenters. The van der Waals surface area contributed by atoms with Crippen molar-refractivity contribution in [1.82, 2.24) is 24.6 Å². The molecule has 0 fully saturated rings. The molecule has 2 heterocycles. The molecular formula is C17H24N6O2S2. The molecule has 1 aliphatic carbocycles. The molecule has 1 N–H and O–H groups in total. The average Bonchev–Trinajstić information content (AvgIpc) is 3.24. The van der Waals surface area contributed by atoms with E-state index >= 15 is 0 Å². The van der Waals surface area contributed by atoms with Gasteiger partial charge in [0.2, 0.25) is 11.0 Å². The van der Waals surface area contributed by atoms with Crippen LogP contribution in [0.3, 0.4) is 0 Å². The van der Waals surface area contributed by atoms with Gasteiger partial charge in [0.15, 0.2) is 0 Å². The number of hydrogen-bond acceptors (Lipinski definition) is 8. The van der Waals surface area contributed by atoms with Crippen molar-refractivity contribution in [3.63, 3.8) is 0 Å². The van der Waals surface area contributed by atoms with E-state index in [1.54, 1.807) is 0 Å². The number of thioether (sulfide) groups is 1. The highest BCUT2D eigenvalue weighted by Gasteiger charge is 2.22. The molecule has 0 saturated heterocycles. The summed E-state index contributed by atoms with van der Waals surface area (Å²) in [5.74, 6) is 0.0298. The van der Waals surface area contributed by atoms with Crippen molar-refractivity contribution in [2.24, 2.45) is 0 Å². The summed E-state index contributed by atoms with van der Waals surface area (Å²) in [4.78, 5) is 31.1. The zero-order valence-corrected chi connectivity index (χ0v) is 17.5. The van der Waals surface area contributed by atoms with Crippen LogP contribution in [-0.4, -0.2) is 56.9 Å². The highest BCUT2D eigenvalue weighted by atomic mass is 32.2. The van der Waals surface area contributed by atoms with Crippen molar-refractivity contribution >= 4 is 34.1 Å². The Morgan fingerprint density at radius 3 is 2.85 bits per heavy atom. The number of nitrogens with zero attached hydrogens (tertiary/aromatic N) is 5. The summed E-state index contributed by atoms with van der Waals surface area (Å²) < 4.78 is 1.82. The van der Waals surface area contributed by atoms with Gasteiger partial charge in [-0.1, -0.05) is 23.1 Å². The Bertz CT molecular complexity index is 877. The number of carbonyl (C=O) groups is 1. The van der Waals surface area contributed by atoms with E-state index in [0.29, 0.717) is 16.7 Å². The molecule has 0 aliphatic heterocycles. The van der Waals surface area contributed by atoms with Crippen LogP contribution in [0.1, 0.15) is 29.1 Å². The third kappa shape index (κ3) is 5.14. The minimum Gasteiger partial charge on any atom is -0.309 e. The van der Waals surface area contributed by atoms with Crippen LogP contribution in [0.15, 0.2) is 9.82 Å². The fourth-order valence-electron chi connectivity index (χ4n) is 3.12. The summed E-state index contributed by atoms with van der Waals surface area (Å²) >= 11 is 2.66. The maximum atomic E-state index is 12.5. The standard InChI is InChI=1S/C17H24N6O2S2/c1-11-20-21-16(27-11)18-14(24)10-26-15-12-6-4-7-13(12)23(17(25)19-15)9-5-8-22(2)3/h4-10H2,1-3H3,(H,18,21,24). The lowest BCUT2D eigenvalue weighted by atomic mass is 10.2. The fraction of sp³-hybridized carbons (Fsp3) is 0.588. The number of carbonyl (C=O) groups excluding carboxylic acids is 1. The summed E-state index contributed by atoms with van der Waals surface area (Å²) in [5.41, 5.74) is 2.01. The van der Waals surface area contributed by atoms with E-state index in [2.05, 4.69) is 25.4 Å². The van der Waals surface area contributed by atoms with Gasteiger partial charge in [0.05, 0.1) is 5.75 Å². The van der Waals surface area contributed by atoms with Crippen molar-refractivity contribution in [3.05, 3.63) is 26.7 Å². The molecule has 0 radical (unpaired) electrons. The zero-order valence-electron chi connectivity index (χ0n) is 15.8. The molecule has 0 spiro atoms. The van der Waals surface area contributed by atoms with Crippen LogP contribution >= 0.6 is 23.1 Å². The molecule has 8 nitrogen and oxygen atoms in total. The molecule has 0 bridgehead atoms. The van der Waals surface area contributed by atoms with Gasteiger partial charge in [0, 0.05) is 17.8 Å². The van der Waals surface area contributed by atoms with Crippen LogP contribution in [-0.2, 0) is 24.2 Å². The van der Waals surface area contributed by atoms with Crippen molar-refractivity contribution in [2.75, 3.05) is 31.7 Å². The monoisotopic (exact) mass is 408 g/mol. The van der Waals surface area contributed by atoms with Gasteiger partial charge >= 0.3 is 5.69 Å². The summed E-state index contributed by atoms with van der Waals surface area (Å²) in [6.45, 7) is 3.46. The molecule has 10 heteroatoms. The number of amides is 1. The predicted octanol–water partition coefficient (Wildman–Crippen LogP) is 1.57. The summed E-state index contributed by atoms with van der Waals surface area (Å²) in [5, 5.41) is 12.5. The first kappa shape index (κ1) is 20.0. The van der Waals surface area contributed by atoms with Gasteiger partial charge in [-0.15, -0.1) is 10.2 Å². The van der Waals surface area contributed by atoms with Gasteiger partial charge in [-0.3, -0.25) is 14.7 Å². The molecule has 0 aromatic carbocycles. The lowest BCUT2D eigenvalue weighted by molar-refractivity contribution is -0.113. The van der Waals surface area contributed by atoms with Gasteiger partial charge in [-0.05, 0) is 53.2 Å².